The Hall–Kier alpha value is -0.0500. The van der Waals surface area contributed by atoms with Crippen molar-refractivity contribution in [3.05, 3.63) is 33.3 Å². The molecule has 96 valence electrons. The van der Waals surface area contributed by atoms with Gasteiger partial charge in [0.25, 0.3) is 0 Å². The molecule has 1 nitrogen and oxygen atoms in total. The molecule has 1 aromatic carbocycles. The van der Waals surface area contributed by atoms with Gasteiger partial charge >= 0.3 is 0 Å². The maximum atomic E-state index is 5.97. The fraction of sp³-hybridized carbons (Fsp3) is 0.600. The first-order chi connectivity index (χ1) is 8.74. The van der Waals surface area contributed by atoms with Crippen molar-refractivity contribution in [3.8, 4) is 0 Å². The number of hydrogen-bond acceptors (Lipinski definition) is 1. The van der Waals surface area contributed by atoms with Gasteiger partial charge in [0.15, 0.2) is 0 Å². The molecule has 18 heavy (non-hydrogen) atoms. The van der Waals surface area contributed by atoms with Crippen LogP contribution in [0, 0.1) is 23.7 Å². The minimum absolute atomic E-state index is 0.798. The van der Waals surface area contributed by atoms with Gasteiger partial charge < -0.3 is 5.32 Å². The zero-order chi connectivity index (χ0) is 12.3. The molecule has 0 aromatic heterocycles. The van der Waals surface area contributed by atoms with Crippen LogP contribution in [0.5, 0.6) is 0 Å². The van der Waals surface area contributed by atoms with Crippen LogP contribution in [0.3, 0.4) is 0 Å². The van der Waals surface area contributed by atoms with Crippen LogP contribution in [0.2, 0.25) is 5.02 Å². The van der Waals surface area contributed by atoms with E-state index in [4.69, 9.17) is 11.6 Å². The van der Waals surface area contributed by atoms with Gasteiger partial charge in [-0.15, -0.1) is 0 Å². The Morgan fingerprint density at radius 1 is 1.22 bits per heavy atom. The number of benzene rings is 1. The average Bonchev–Trinajstić information content (AvgIpc) is 2.75. The van der Waals surface area contributed by atoms with Gasteiger partial charge in [-0.25, -0.2) is 0 Å². The summed E-state index contributed by atoms with van der Waals surface area (Å²) in [4.78, 5) is 0. The average molecular weight is 327 g/mol. The predicted molar refractivity (Wildman–Crippen MR) is 77.6 cm³/mol. The topological polar surface area (TPSA) is 12.0 Å². The molecule has 0 aliphatic heterocycles. The molecule has 3 saturated carbocycles. The third-order valence-corrected chi connectivity index (χ3v) is 6.25. The molecule has 1 aromatic rings. The molecule has 0 spiro atoms. The summed E-state index contributed by atoms with van der Waals surface area (Å²) in [5.74, 6) is 4.11. The number of halogens is 2. The highest BCUT2D eigenvalue weighted by Gasteiger charge is 2.64. The van der Waals surface area contributed by atoms with Crippen molar-refractivity contribution in [2.75, 3.05) is 0 Å². The van der Waals surface area contributed by atoms with Crippen molar-refractivity contribution in [3.63, 3.8) is 0 Å². The van der Waals surface area contributed by atoms with E-state index >= 15 is 0 Å². The minimum Gasteiger partial charge on any atom is -0.309 e. The maximum Gasteiger partial charge on any atom is 0.0417 e. The van der Waals surface area contributed by atoms with Crippen LogP contribution in [0.15, 0.2) is 22.7 Å². The zero-order valence-corrected chi connectivity index (χ0v) is 12.5. The zero-order valence-electron chi connectivity index (χ0n) is 10.2. The summed E-state index contributed by atoms with van der Waals surface area (Å²) in [7, 11) is 0. The monoisotopic (exact) mass is 325 g/mol. The summed E-state index contributed by atoms with van der Waals surface area (Å²) in [6.45, 7) is 0.967. The van der Waals surface area contributed by atoms with E-state index in [2.05, 4.69) is 27.3 Å². The molecule has 1 N–H and O–H groups in total. The van der Waals surface area contributed by atoms with Gasteiger partial charge in [-0.3, -0.25) is 0 Å². The summed E-state index contributed by atoms with van der Waals surface area (Å²) in [5, 5.41) is 4.56. The first-order valence-electron chi connectivity index (χ1n) is 6.91. The standard InChI is InChI=1S/C15H17BrClN/c16-12-6-11(17)4-3-10(12)7-18-15-13-8-1-2-9(5-8)14(13)15/h3-4,6,8-9,13-15,18H,1-2,5,7H2. The number of rotatable bonds is 3. The summed E-state index contributed by atoms with van der Waals surface area (Å²) >= 11 is 9.56. The lowest BCUT2D eigenvalue weighted by Gasteiger charge is -2.11. The summed E-state index contributed by atoms with van der Waals surface area (Å²) in [6.07, 6.45) is 4.52. The summed E-state index contributed by atoms with van der Waals surface area (Å²) in [6, 6.07) is 6.88. The molecule has 3 aliphatic carbocycles. The van der Waals surface area contributed by atoms with Crippen molar-refractivity contribution in [1.82, 2.24) is 5.32 Å². The first kappa shape index (κ1) is 11.7. The van der Waals surface area contributed by atoms with E-state index in [1.807, 2.05) is 12.1 Å². The van der Waals surface area contributed by atoms with Gasteiger partial charge in [-0.1, -0.05) is 33.6 Å². The third-order valence-electron chi connectivity index (χ3n) is 5.28. The Balaban J connectivity index is 1.40. The fourth-order valence-electron chi connectivity index (χ4n) is 4.49. The van der Waals surface area contributed by atoms with Crippen LogP contribution in [0.4, 0.5) is 0 Å². The maximum absolute atomic E-state index is 5.97. The normalized spacial score (nSPS) is 40.0. The molecule has 4 rings (SSSR count). The molecule has 3 aliphatic rings. The summed E-state index contributed by atoms with van der Waals surface area (Å²) in [5.41, 5.74) is 1.32. The molecule has 3 heteroatoms. The smallest absolute Gasteiger partial charge is 0.0417 e. The fourth-order valence-corrected chi connectivity index (χ4v) is 5.31. The van der Waals surface area contributed by atoms with Crippen molar-refractivity contribution < 1.29 is 0 Å². The van der Waals surface area contributed by atoms with Gasteiger partial charge in [0, 0.05) is 22.1 Å². The van der Waals surface area contributed by atoms with E-state index < -0.39 is 0 Å². The lowest BCUT2D eigenvalue weighted by Crippen LogP contribution is -2.22. The molecule has 0 heterocycles. The second-order valence-corrected chi connectivity index (χ2v) is 7.42. The Kier molecular flexibility index (Phi) is 2.76. The molecule has 2 bridgehead atoms. The van der Waals surface area contributed by atoms with E-state index in [0.29, 0.717) is 0 Å². The number of fused-ring (bicyclic) bond motifs is 5. The minimum atomic E-state index is 0.798. The van der Waals surface area contributed by atoms with E-state index in [0.717, 1.165) is 45.8 Å². The largest absolute Gasteiger partial charge is 0.309 e. The third kappa shape index (κ3) is 1.76. The van der Waals surface area contributed by atoms with Crippen LogP contribution in [0.1, 0.15) is 24.8 Å². The lowest BCUT2D eigenvalue weighted by molar-refractivity contribution is 0.456. The molecule has 4 unspecified atom stereocenters. The molecule has 0 saturated heterocycles. The highest BCUT2D eigenvalue weighted by molar-refractivity contribution is 9.10. The van der Waals surface area contributed by atoms with Crippen molar-refractivity contribution in [2.45, 2.75) is 31.8 Å². The van der Waals surface area contributed by atoms with E-state index in [9.17, 15) is 0 Å². The highest BCUT2D eigenvalue weighted by atomic mass is 79.9. The van der Waals surface area contributed by atoms with Crippen LogP contribution in [0.25, 0.3) is 0 Å². The van der Waals surface area contributed by atoms with E-state index in [1.54, 1.807) is 0 Å². The molecule has 3 fully saturated rings. The molecule has 4 atom stereocenters. The Bertz CT molecular complexity index is 473. The Morgan fingerprint density at radius 3 is 2.61 bits per heavy atom. The second-order valence-electron chi connectivity index (χ2n) is 6.13. The Morgan fingerprint density at radius 2 is 1.94 bits per heavy atom. The van der Waals surface area contributed by atoms with Crippen LogP contribution in [-0.4, -0.2) is 6.04 Å². The van der Waals surface area contributed by atoms with E-state index in [1.165, 1.54) is 24.8 Å². The number of nitrogens with one attached hydrogen (secondary N) is 1. The van der Waals surface area contributed by atoms with Crippen LogP contribution >= 0.6 is 27.5 Å². The quantitative estimate of drug-likeness (QED) is 0.876. The van der Waals surface area contributed by atoms with Gasteiger partial charge in [0.1, 0.15) is 0 Å². The van der Waals surface area contributed by atoms with Crippen LogP contribution < -0.4 is 5.32 Å². The molecule has 0 radical (unpaired) electrons. The summed E-state index contributed by atoms with van der Waals surface area (Å²) < 4.78 is 1.12. The lowest BCUT2D eigenvalue weighted by atomic mass is 10.0. The molecule has 0 amide bonds. The van der Waals surface area contributed by atoms with Crippen molar-refractivity contribution in [2.24, 2.45) is 23.7 Å². The van der Waals surface area contributed by atoms with E-state index in [-0.39, 0.29) is 0 Å². The Labute approximate surface area is 121 Å². The van der Waals surface area contributed by atoms with Gasteiger partial charge in [0.05, 0.1) is 0 Å². The highest BCUT2D eigenvalue weighted by Crippen LogP contribution is 2.65. The second kappa shape index (κ2) is 4.22. The van der Waals surface area contributed by atoms with Gasteiger partial charge in [0.2, 0.25) is 0 Å². The van der Waals surface area contributed by atoms with Gasteiger partial charge in [-0.05, 0) is 60.6 Å². The van der Waals surface area contributed by atoms with Crippen LogP contribution in [-0.2, 0) is 6.54 Å². The predicted octanol–water partition coefficient (Wildman–Crippen LogP) is 4.24. The number of hydrogen-bond donors (Lipinski definition) is 1. The molecular formula is C15H17BrClN. The molecular weight excluding hydrogens is 310 g/mol. The van der Waals surface area contributed by atoms with Crippen molar-refractivity contribution in [1.29, 1.82) is 0 Å². The SMILES string of the molecule is Clc1ccc(CNC2C3C4CCC(C4)C23)c(Br)c1. The first-order valence-corrected chi connectivity index (χ1v) is 8.08. The van der Waals surface area contributed by atoms with Gasteiger partial charge in [-0.2, -0.15) is 0 Å². The van der Waals surface area contributed by atoms with Crippen molar-refractivity contribution >= 4 is 27.5 Å².